The molecule has 4 nitrogen and oxygen atoms in total. The first-order valence-corrected chi connectivity index (χ1v) is 8.84. The van der Waals surface area contributed by atoms with Crippen molar-refractivity contribution in [2.24, 2.45) is 5.92 Å². The van der Waals surface area contributed by atoms with Crippen LogP contribution < -0.4 is 0 Å². The zero-order valence-corrected chi connectivity index (χ0v) is 14.9. The van der Waals surface area contributed by atoms with Crippen molar-refractivity contribution in [1.82, 2.24) is 4.90 Å². The van der Waals surface area contributed by atoms with Gasteiger partial charge in [0.15, 0.2) is 5.88 Å². The van der Waals surface area contributed by atoms with Gasteiger partial charge in [-0.2, -0.15) is 0 Å². The van der Waals surface area contributed by atoms with Crippen LogP contribution in [0.3, 0.4) is 0 Å². The van der Waals surface area contributed by atoms with E-state index in [0.717, 1.165) is 38.3 Å². The fourth-order valence-electron chi connectivity index (χ4n) is 2.74. The summed E-state index contributed by atoms with van der Waals surface area (Å²) in [5.74, 6) is 1.01. The summed E-state index contributed by atoms with van der Waals surface area (Å²) < 4.78 is 11.5. The molecule has 1 amide bonds. The first-order valence-electron chi connectivity index (χ1n) is 8.84. The molecule has 1 aliphatic heterocycles. The zero-order chi connectivity index (χ0) is 16.5. The quantitative estimate of drug-likeness (QED) is 0.424. The van der Waals surface area contributed by atoms with E-state index in [2.05, 4.69) is 27.7 Å². The summed E-state index contributed by atoms with van der Waals surface area (Å²) in [5, 5.41) is 0. The highest BCUT2D eigenvalue weighted by atomic mass is 16.6. The van der Waals surface area contributed by atoms with Gasteiger partial charge >= 0.3 is 13.0 Å². The molecule has 1 fully saturated rings. The number of hydrogen-bond donors (Lipinski definition) is 0. The minimum absolute atomic E-state index is 0.0664. The van der Waals surface area contributed by atoms with Gasteiger partial charge < -0.3 is 9.39 Å². The van der Waals surface area contributed by atoms with Crippen LogP contribution in [0.5, 0.6) is 0 Å². The maximum absolute atomic E-state index is 12.1. The van der Waals surface area contributed by atoms with E-state index < -0.39 is 0 Å². The van der Waals surface area contributed by atoms with Crippen LogP contribution in [0.1, 0.15) is 60.3 Å². The number of hydrogen-bond acceptors (Lipinski definition) is 3. The highest BCUT2D eigenvalue weighted by Gasteiger charge is 2.38. The predicted octanol–water partition coefficient (Wildman–Crippen LogP) is 4.93. The number of allylic oxidation sites excluding steroid dienone is 1. The van der Waals surface area contributed by atoms with Crippen LogP contribution >= 0.6 is 0 Å². The third kappa shape index (κ3) is 5.26. The largest absolute Gasteiger partial charge is 0.549 e. The second-order valence-corrected chi connectivity index (χ2v) is 6.41. The van der Waals surface area contributed by atoms with E-state index in [9.17, 15) is 4.79 Å². The van der Waals surface area contributed by atoms with E-state index in [0.29, 0.717) is 18.4 Å². The average molecular weight is 309 g/mol. The summed E-state index contributed by atoms with van der Waals surface area (Å²) in [6.45, 7) is 11.2. The first kappa shape index (κ1) is 18.9. The Morgan fingerprint density at radius 1 is 1.36 bits per heavy atom. The second-order valence-electron chi connectivity index (χ2n) is 6.41. The predicted molar refractivity (Wildman–Crippen MR) is 91.8 cm³/mol. The Balaban J connectivity index is 2.77. The Kier molecular flexibility index (Phi) is 8.43. The molecule has 22 heavy (non-hydrogen) atoms. The number of carbonyl (C=O) groups excluding carboxylic acids is 1. The normalized spacial score (nSPS) is 18.8. The Bertz CT molecular complexity index is 363. The highest BCUT2D eigenvalue weighted by molar-refractivity contribution is 6.52. The molecule has 1 rings (SSSR count). The Morgan fingerprint density at radius 3 is 2.41 bits per heavy atom. The van der Waals surface area contributed by atoms with E-state index in [-0.39, 0.29) is 19.1 Å². The summed E-state index contributed by atoms with van der Waals surface area (Å²) >= 11 is 0. The monoisotopic (exact) mass is 309 g/mol. The molecule has 1 saturated heterocycles. The van der Waals surface area contributed by atoms with E-state index in [1.807, 2.05) is 13.0 Å². The van der Waals surface area contributed by atoms with Crippen LogP contribution in [0.25, 0.3) is 0 Å². The van der Waals surface area contributed by atoms with Crippen molar-refractivity contribution in [2.45, 2.75) is 79.0 Å². The van der Waals surface area contributed by atoms with Crippen molar-refractivity contribution < 1.29 is 14.2 Å². The van der Waals surface area contributed by atoms with Crippen LogP contribution in [0, 0.1) is 5.92 Å². The van der Waals surface area contributed by atoms with Crippen LogP contribution in [-0.4, -0.2) is 30.6 Å². The van der Waals surface area contributed by atoms with Gasteiger partial charge in [0.25, 0.3) is 0 Å². The lowest BCUT2D eigenvalue weighted by molar-refractivity contribution is 0.149. The molecule has 0 saturated carbocycles. The van der Waals surface area contributed by atoms with Gasteiger partial charge in [0, 0.05) is 0 Å². The number of cyclic esters (lactones) is 1. The summed E-state index contributed by atoms with van der Waals surface area (Å²) in [7, 11) is 0. The number of nitrogens with zero attached hydrogens (tertiary/aromatic N) is 1. The number of rotatable bonds is 10. The van der Waals surface area contributed by atoms with Gasteiger partial charge in [0.1, 0.15) is 6.61 Å². The van der Waals surface area contributed by atoms with E-state index >= 15 is 0 Å². The van der Waals surface area contributed by atoms with Crippen LogP contribution in [0.4, 0.5) is 4.79 Å². The summed E-state index contributed by atoms with van der Waals surface area (Å²) in [6, 6.07) is 0.0664. The smallest absolute Gasteiger partial charge is 0.417 e. The molecule has 1 atom stereocenters. The van der Waals surface area contributed by atoms with E-state index in [1.165, 1.54) is 0 Å². The van der Waals surface area contributed by atoms with Gasteiger partial charge in [-0.15, -0.1) is 0 Å². The molecule has 0 aromatic heterocycles. The number of amides is 1. The lowest BCUT2D eigenvalue weighted by atomic mass is 9.59. The minimum atomic E-state index is -0.281. The molecule has 0 unspecified atom stereocenters. The fourth-order valence-corrected chi connectivity index (χ4v) is 2.74. The molecule has 0 bridgehead atoms. The molecule has 126 valence electrons. The van der Waals surface area contributed by atoms with Gasteiger partial charge in [-0.1, -0.05) is 53.4 Å². The third-order valence-corrected chi connectivity index (χ3v) is 4.21. The lowest BCUT2D eigenvalue weighted by Crippen LogP contribution is -2.39. The Hall–Kier alpha value is -1.13. The summed E-state index contributed by atoms with van der Waals surface area (Å²) in [6.07, 6.45) is 8.34. The fraction of sp³-hybridized carbons (Fsp3) is 0.824. The number of carbonyl (C=O) groups is 1. The third-order valence-electron chi connectivity index (χ3n) is 4.21. The highest BCUT2D eigenvalue weighted by Crippen LogP contribution is 2.26. The van der Waals surface area contributed by atoms with Crippen LogP contribution in [0.2, 0.25) is 12.6 Å². The lowest BCUT2D eigenvalue weighted by Gasteiger charge is -2.29. The number of ether oxygens (including phenoxy) is 1. The van der Waals surface area contributed by atoms with Gasteiger partial charge in [-0.05, 0) is 31.6 Å². The maximum atomic E-state index is 12.1. The van der Waals surface area contributed by atoms with E-state index in [4.69, 9.17) is 9.39 Å². The Morgan fingerprint density at radius 2 is 1.95 bits per heavy atom. The standard InChI is InChI=1S/C17H32BNO3/c1-6-9-11-18(12-10-7-2)22-16(8-3)19-15(14(4)5)13-21-17(19)20/h8,14-15H,6-7,9-13H2,1-5H3/b16-8+/t15-/m0/s1. The molecule has 0 aromatic carbocycles. The van der Waals surface area contributed by atoms with Gasteiger partial charge in [0.05, 0.1) is 6.04 Å². The molecular weight excluding hydrogens is 277 g/mol. The van der Waals surface area contributed by atoms with Crippen molar-refractivity contribution in [3.63, 3.8) is 0 Å². The van der Waals surface area contributed by atoms with Crippen molar-refractivity contribution in [3.05, 3.63) is 12.0 Å². The zero-order valence-electron chi connectivity index (χ0n) is 14.9. The second kappa shape index (κ2) is 9.80. The maximum Gasteiger partial charge on any atom is 0.417 e. The topological polar surface area (TPSA) is 38.8 Å². The Labute approximate surface area is 136 Å². The SMILES string of the molecule is C/C=C(/OB(CCCC)CCCC)N1C(=O)OC[C@H]1C(C)C. The summed E-state index contributed by atoms with van der Waals surface area (Å²) in [5.41, 5.74) is 0. The number of unbranched alkanes of at least 4 members (excludes halogenated alkanes) is 2. The molecule has 0 aliphatic carbocycles. The van der Waals surface area contributed by atoms with Gasteiger partial charge in [0.2, 0.25) is 0 Å². The minimum Gasteiger partial charge on any atom is -0.549 e. The van der Waals surface area contributed by atoms with Crippen LogP contribution in [0.15, 0.2) is 12.0 Å². The molecule has 5 heteroatoms. The molecular formula is C17H32BNO3. The van der Waals surface area contributed by atoms with Crippen LogP contribution in [-0.2, 0) is 9.39 Å². The van der Waals surface area contributed by atoms with Crippen molar-refractivity contribution in [3.8, 4) is 0 Å². The summed E-state index contributed by atoms with van der Waals surface area (Å²) in [4.78, 5) is 13.8. The van der Waals surface area contributed by atoms with E-state index in [1.54, 1.807) is 4.90 Å². The molecule has 0 spiro atoms. The van der Waals surface area contributed by atoms with Crippen molar-refractivity contribution in [2.75, 3.05) is 6.61 Å². The molecule has 0 aromatic rings. The molecule has 1 aliphatic rings. The molecule has 0 N–H and O–H groups in total. The first-order chi connectivity index (χ1) is 10.5. The van der Waals surface area contributed by atoms with Crippen molar-refractivity contribution in [1.29, 1.82) is 0 Å². The van der Waals surface area contributed by atoms with Gasteiger partial charge in [-0.25, -0.2) is 9.69 Å². The van der Waals surface area contributed by atoms with Gasteiger partial charge in [-0.3, -0.25) is 0 Å². The average Bonchev–Trinajstić information content (AvgIpc) is 2.88. The molecule has 0 radical (unpaired) electrons. The molecule has 1 heterocycles. The van der Waals surface area contributed by atoms with Crippen molar-refractivity contribution >= 4 is 13.0 Å².